The van der Waals surface area contributed by atoms with Gasteiger partial charge < -0.3 is 9.84 Å². The summed E-state index contributed by atoms with van der Waals surface area (Å²) in [5.41, 5.74) is 0.535. The van der Waals surface area contributed by atoms with E-state index in [2.05, 4.69) is 6.92 Å². The van der Waals surface area contributed by atoms with E-state index in [4.69, 9.17) is 4.74 Å². The predicted molar refractivity (Wildman–Crippen MR) is 118 cm³/mol. The zero-order valence-corrected chi connectivity index (χ0v) is 21.6. The van der Waals surface area contributed by atoms with Crippen molar-refractivity contribution in [3.8, 4) is 17.2 Å². The second-order valence-electron chi connectivity index (χ2n) is 7.73. The molecule has 1 N–H and O–H groups in total. The van der Waals surface area contributed by atoms with Crippen LogP contribution < -0.4 is 39.4 Å². The molecular formula is C24H33NaO5S. The predicted octanol–water partition coefficient (Wildman–Crippen LogP) is 3.27. The Hall–Kier alpha value is -1.05. The van der Waals surface area contributed by atoms with Crippen LogP contribution in [0.15, 0.2) is 47.4 Å². The monoisotopic (exact) mass is 456 g/mol. The third-order valence-corrected chi connectivity index (χ3v) is 6.13. The molecule has 0 fully saturated rings. The largest absolute Gasteiger partial charge is 1.00 e. The summed E-state index contributed by atoms with van der Waals surface area (Å²) in [6, 6.07) is 10.7. The molecule has 0 spiro atoms. The molecule has 0 atom stereocenters. The second-order valence-corrected chi connectivity index (χ2v) is 9.09. The Morgan fingerprint density at radius 2 is 1.45 bits per heavy atom. The SMILES string of the molecule is CCCCCCCCCCCCc1cccc(Oc2cccc([O-])c2)c1S(=O)(=O)O.[Na+]. The Balaban J connectivity index is 0.00000480. The Morgan fingerprint density at radius 3 is 2.03 bits per heavy atom. The number of aryl methyl sites for hydroxylation is 1. The van der Waals surface area contributed by atoms with Gasteiger partial charge in [0.1, 0.15) is 16.4 Å². The molecule has 0 aliphatic rings. The van der Waals surface area contributed by atoms with Crippen LogP contribution >= 0.6 is 0 Å². The van der Waals surface area contributed by atoms with Gasteiger partial charge in [0.15, 0.2) is 0 Å². The maximum atomic E-state index is 12.0. The molecule has 0 aliphatic heterocycles. The number of ether oxygens (including phenoxy) is 1. The van der Waals surface area contributed by atoms with Crippen LogP contribution in [-0.4, -0.2) is 13.0 Å². The maximum absolute atomic E-state index is 12.0. The fourth-order valence-corrected chi connectivity index (χ4v) is 4.46. The standard InChI is InChI=1S/C24H34O5S.Na/c1-2-3-4-5-6-7-8-9-10-11-14-20-15-12-18-23(24(20)30(26,27)28)29-22-17-13-16-21(25)19-22;/h12-13,15-19,25H,2-11,14H2,1H3,(H,26,27,28);/q;+1/p-1. The van der Waals surface area contributed by atoms with Gasteiger partial charge in [-0.3, -0.25) is 4.55 Å². The van der Waals surface area contributed by atoms with Gasteiger partial charge in [-0.05, 0) is 36.6 Å². The van der Waals surface area contributed by atoms with E-state index in [0.717, 1.165) is 19.3 Å². The summed E-state index contributed by atoms with van der Waals surface area (Å²) in [5.74, 6) is 0.0404. The number of rotatable bonds is 14. The molecule has 31 heavy (non-hydrogen) atoms. The third-order valence-electron chi connectivity index (χ3n) is 5.15. The van der Waals surface area contributed by atoms with Crippen molar-refractivity contribution in [2.75, 3.05) is 0 Å². The number of hydrogen-bond donors (Lipinski definition) is 1. The summed E-state index contributed by atoms with van der Waals surface area (Å²) in [5, 5.41) is 11.5. The van der Waals surface area contributed by atoms with E-state index in [9.17, 15) is 18.1 Å². The van der Waals surface area contributed by atoms with Crippen molar-refractivity contribution in [1.29, 1.82) is 0 Å². The van der Waals surface area contributed by atoms with Crippen molar-refractivity contribution in [2.45, 2.75) is 82.4 Å². The normalized spacial score (nSPS) is 11.2. The van der Waals surface area contributed by atoms with Crippen molar-refractivity contribution < 1.29 is 52.4 Å². The van der Waals surface area contributed by atoms with E-state index in [1.807, 2.05) is 0 Å². The fourth-order valence-electron chi connectivity index (χ4n) is 3.60. The summed E-state index contributed by atoms with van der Waals surface area (Å²) in [4.78, 5) is -0.211. The molecule has 7 heteroatoms. The molecule has 0 heterocycles. The van der Waals surface area contributed by atoms with Crippen LogP contribution in [0.4, 0.5) is 0 Å². The van der Waals surface area contributed by atoms with Crippen LogP contribution in [0.1, 0.15) is 76.7 Å². The molecule has 2 rings (SSSR count). The summed E-state index contributed by atoms with van der Waals surface area (Å²) >= 11 is 0. The smallest absolute Gasteiger partial charge is 0.872 e. The Kier molecular flexibility index (Phi) is 13.5. The molecule has 0 unspecified atom stereocenters. The van der Waals surface area contributed by atoms with E-state index in [0.29, 0.717) is 12.0 Å². The van der Waals surface area contributed by atoms with Gasteiger partial charge in [0.05, 0.1) is 0 Å². The van der Waals surface area contributed by atoms with E-state index >= 15 is 0 Å². The summed E-state index contributed by atoms with van der Waals surface area (Å²) in [7, 11) is -4.46. The van der Waals surface area contributed by atoms with Crippen LogP contribution in [0.5, 0.6) is 17.2 Å². The van der Waals surface area contributed by atoms with Gasteiger partial charge in [-0.2, -0.15) is 8.42 Å². The van der Waals surface area contributed by atoms with Gasteiger partial charge in [-0.1, -0.05) is 89.0 Å². The van der Waals surface area contributed by atoms with Crippen molar-refractivity contribution >= 4 is 10.1 Å². The first-order valence-corrected chi connectivity index (χ1v) is 12.4. The zero-order chi connectivity index (χ0) is 21.8. The van der Waals surface area contributed by atoms with Gasteiger partial charge in [-0.25, -0.2) is 0 Å². The van der Waals surface area contributed by atoms with Crippen LogP contribution in [0.2, 0.25) is 0 Å². The molecule has 2 aromatic rings. The van der Waals surface area contributed by atoms with Gasteiger partial charge in [0.2, 0.25) is 0 Å². The van der Waals surface area contributed by atoms with E-state index in [-0.39, 0.29) is 51.7 Å². The van der Waals surface area contributed by atoms with E-state index in [1.165, 1.54) is 63.1 Å². The molecule has 0 saturated carbocycles. The van der Waals surface area contributed by atoms with Crippen molar-refractivity contribution in [3.63, 3.8) is 0 Å². The number of hydrogen-bond acceptors (Lipinski definition) is 4. The Labute approximate surface area is 209 Å². The molecule has 2 aromatic carbocycles. The summed E-state index contributed by atoms with van der Waals surface area (Å²) in [6.45, 7) is 2.22. The molecule has 5 nitrogen and oxygen atoms in total. The average Bonchev–Trinajstić information content (AvgIpc) is 2.68. The van der Waals surface area contributed by atoms with Crippen LogP contribution in [0.3, 0.4) is 0 Å². The fraction of sp³-hybridized carbons (Fsp3) is 0.500. The molecule has 0 saturated heterocycles. The summed E-state index contributed by atoms with van der Waals surface area (Å²) in [6.07, 6.45) is 12.5. The zero-order valence-electron chi connectivity index (χ0n) is 18.8. The van der Waals surface area contributed by atoms with Crippen molar-refractivity contribution in [3.05, 3.63) is 48.0 Å². The maximum Gasteiger partial charge on any atom is 1.00 e. The van der Waals surface area contributed by atoms with Crippen LogP contribution in [0, 0.1) is 0 Å². The number of benzene rings is 2. The Morgan fingerprint density at radius 1 is 0.871 bits per heavy atom. The van der Waals surface area contributed by atoms with Crippen molar-refractivity contribution in [2.24, 2.45) is 0 Å². The first-order chi connectivity index (χ1) is 14.4. The minimum Gasteiger partial charge on any atom is -0.872 e. The molecule has 0 aromatic heterocycles. The quantitative estimate of drug-likeness (QED) is 0.268. The van der Waals surface area contributed by atoms with Gasteiger partial charge in [0.25, 0.3) is 10.1 Å². The average molecular weight is 457 g/mol. The molecule has 166 valence electrons. The molecule has 0 bridgehead atoms. The van der Waals surface area contributed by atoms with E-state index < -0.39 is 10.1 Å². The second kappa shape index (κ2) is 14.9. The van der Waals surface area contributed by atoms with Crippen LogP contribution in [0.25, 0.3) is 0 Å². The van der Waals surface area contributed by atoms with Gasteiger partial charge >= 0.3 is 29.6 Å². The first kappa shape index (κ1) is 28.0. The van der Waals surface area contributed by atoms with Crippen LogP contribution in [-0.2, 0) is 16.5 Å². The van der Waals surface area contributed by atoms with Crippen molar-refractivity contribution in [1.82, 2.24) is 0 Å². The first-order valence-electron chi connectivity index (χ1n) is 11.0. The van der Waals surface area contributed by atoms with Gasteiger partial charge in [-0.15, -0.1) is 5.75 Å². The minimum atomic E-state index is -4.46. The molecule has 0 radical (unpaired) electrons. The summed E-state index contributed by atoms with van der Waals surface area (Å²) < 4.78 is 39.4. The Bertz CT molecular complexity index is 883. The number of unbranched alkanes of at least 4 members (excludes halogenated alkanes) is 9. The van der Waals surface area contributed by atoms with E-state index in [1.54, 1.807) is 24.3 Å². The molecular weight excluding hydrogens is 423 g/mol. The molecule has 0 amide bonds. The topological polar surface area (TPSA) is 86.7 Å². The third kappa shape index (κ3) is 10.4. The van der Waals surface area contributed by atoms with Gasteiger partial charge in [0, 0.05) is 0 Å². The minimum absolute atomic E-state index is 0. The molecule has 0 aliphatic carbocycles.